The van der Waals surface area contributed by atoms with E-state index < -0.39 is 6.10 Å². The van der Waals surface area contributed by atoms with E-state index in [4.69, 9.17) is 0 Å². The molecule has 1 atom stereocenters. The molecular weight excluding hydrogens is 300 g/mol. The number of rotatable bonds is 6. The molecule has 0 radical (unpaired) electrons. The quantitative estimate of drug-likeness (QED) is 0.886. The second-order valence-electron chi connectivity index (χ2n) is 6.87. The number of aromatic nitrogens is 1. The summed E-state index contributed by atoms with van der Waals surface area (Å²) in [6, 6.07) is 6.37. The van der Waals surface area contributed by atoms with Crippen molar-refractivity contribution in [3.63, 3.8) is 0 Å². The van der Waals surface area contributed by atoms with Crippen molar-refractivity contribution in [3.8, 4) is 0 Å². The van der Waals surface area contributed by atoms with Gasteiger partial charge in [-0.1, -0.05) is 25.5 Å². The zero-order chi connectivity index (χ0) is 17.3. The Kier molecular flexibility index (Phi) is 5.07. The maximum atomic E-state index is 12.6. The predicted octanol–water partition coefficient (Wildman–Crippen LogP) is 3.17. The molecule has 1 N–H and O–H groups in total. The molecule has 3 rings (SSSR count). The number of aryl methyl sites for hydroxylation is 2. The fraction of sp³-hybridized carbons (Fsp3) is 0.550. The van der Waals surface area contributed by atoms with Crippen molar-refractivity contribution in [1.82, 2.24) is 9.47 Å². The van der Waals surface area contributed by atoms with Gasteiger partial charge in [-0.3, -0.25) is 4.79 Å². The Morgan fingerprint density at radius 3 is 2.71 bits per heavy atom. The first kappa shape index (κ1) is 17.2. The number of nitrogens with zero attached hydrogens (tertiary/aromatic N) is 2. The van der Waals surface area contributed by atoms with Gasteiger partial charge in [-0.25, -0.2) is 0 Å². The lowest BCUT2D eigenvalue weighted by atomic mass is 9.94. The molecule has 1 heterocycles. The first-order chi connectivity index (χ1) is 11.5. The highest BCUT2D eigenvalue weighted by Gasteiger charge is 2.27. The van der Waals surface area contributed by atoms with E-state index >= 15 is 0 Å². The number of hydrogen-bond acceptors (Lipinski definition) is 3. The Labute approximate surface area is 144 Å². The molecule has 0 bridgehead atoms. The summed E-state index contributed by atoms with van der Waals surface area (Å²) in [5.74, 6) is 0.222. The molecule has 130 valence electrons. The van der Waals surface area contributed by atoms with Crippen molar-refractivity contribution in [3.05, 3.63) is 35.0 Å². The number of ketones is 1. The van der Waals surface area contributed by atoms with Crippen LogP contribution in [0.4, 0.5) is 0 Å². The fourth-order valence-corrected chi connectivity index (χ4v) is 3.89. The highest BCUT2D eigenvalue weighted by atomic mass is 16.3. The molecule has 24 heavy (non-hydrogen) atoms. The third kappa shape index (κ3) is 3.13. The van der Waals surface area contributed by atoms with Crippen LogP contribution in [0.3, 0.4) is 0 Å². The molecule has 0 spiro atoms. The molecule has 1 unspecified atom stereocenters. The number of likely N-dealkylation sites (N-methyl/N-ethyl adjacent to an activating group) is 1. The largest absolute Gasteiger partial charge is 0.390 e. The predicted molar refractivity (Wildman–Crippen MR) is 97.7 cm³/mol. The Morgan fingerprint density at radius 1 is 1.25 bits per heavy atom. The molecule has 0 fully saturated rings. The molecule has 2 aromatic rings. The molecule has 1 aromatic carbocycles. The first-order valence-electron chi connectivity index (χ1n) is 9.10. The summed E-state index contributed by atoms with van der Waals surface area (Å²) in [5, 5.41) is 11.8. The number of aliphatic hydroxyl groups excluding tert-OH is 1. The smallest absolute Gasteiger partial charge is 0.179 e. The van der Waals surface area contributed by atoms with Crippen LogP contribution in [0.25, 0.3) is 10.9 Å². The van der Waals surface area contributed by atoms with E-state index in [1.165, 1.54) is 16.5 Å². The lowest BCUT2D eigenvalue weighted by Crippen LogP contribution is -2.35. The summed E-state index contributed by atoms with van der Waals surface area (Å²) in [4.78, 5) is 14.8. The molecule has 0 aliphatic heterocycles. The van der Waals surface area contributed by atoms with Gasteiger partial charge in [0.1, 0.15) is 0 Å². The number of fused-ring (bicyclic) bond motifs is 3. The first-order valence-corrected chi connectivity index (χ1v) is 9.10. The van der Waals surface area contributed by atoms with Crippen molar-refractivity contribution >= 4 is 16.7 Å². The Balaban J connectivity index is 2.00. The van der Waals surface area contributed by atoms with Gasteiger partial charge in [-0.05, 0) is 50.6 Å². The minimum Gasteiger partial charge on any atom is -0.390 e. The second-order valence-corrected chi connectivity index (χ2v) is 6.87. The Morgan fingerprint density at radius 2 is 2.00 bits per heavy atom. The highest BCUT2D eigenvalue weighted by Crippen LogP contribution is 2.33. The standard InChI is InChI=1S/C20H28N2O2/c1-4-21(5-2)12-15(23)13-22-18-10-9-14(3)11-17(18)16-7-6-8-19(24)20(16)22/h9-11,15,23H,4-8,12-13H2,1-3H3. The maximum absolute atomic E-state index is 12.6. The Hall–Kier alpha value is -1.65. The van der Waals surface area contributed by atoms with Gasteiger partial charge in [0.05, 0.1) is 18.3 Å². The van der Waals surface area contributed by atoms with Gasteiger partial charge in [0.15, 0.2) is 5.78 Å². The zero-order valence-electron chi connectivity index (χ0n) is 15.0. The second kappa shape index (κ2) is 7.08. The van der Waals surface area contributed by atoms with E-state index in [1.807, 2.05) is 0 Å². The van der Waals surface area contributed by atoms with E-state index in [1.54, 1.807) is 0 Å². The third-order valence-corrected chi connectivity index (χ3v) is 5.18. The number of benzene rings is 1. The number of carbonyl (C=O) groups excluding carboxylic acids is 1. The number of aliphatic hydroxyl groups is 1. The SMILES string of the molecule is CCN(CC)CC(O)Cn1c2c(c3cc(C)ccc31)CCCC2=O. The van der Waals surface area contributed by atoms with Crippen molar-refractivity contribution in [2.75, 3.05) is 19.6 Å². The average Bonchev–Trinajstić information content (AvgIpc) is 2.87. The van der Waals surface area contributed by atoms with Gasteiger partial charge in [0.25, 0.3) is 0 Å². The van der Waals surface area contributed by atoms with Crippen molar-refractivity contribution in [2.24, 2.45) is 0 Å². The van der Waals surface area contributed by atoms with Crippen LogP contribution in [0.2, 0.25) is 0 Å². The summed E-state index contributed by atoms with van der Waals surface area (Å²) in [6.45, 7) is 9.28. The van der Waals surface area contributed by atoms with Gasteiger partial charge in [0, 0.05) is 23.9 Å². The summed E-state index contributed by atoms with van der Waals surface area (Å²) < 4.78 is 2.07. The van der Waals surface area contributed by atoms with Crippen LogP contribution < -0.4 is 0 Å². The number of Topliss-reactive ketones (excluding diaryl/α,β-unsaturated/α-hetero) is 1. The van der Waals surface area contributed by atoms with Crippen molar-refractivity contribution in [1.29, 1.82) is 0 Å². The van der Waals surface area contributed by atoms with Gasteiger partial charge in [-0.2, -0.15) is 0 Å². The number of carbonyl (C=O) groups is 1. The number of hydrogen-bond donors (Lipinski definition) is 1. The van der Waals surface area contributed by atoms with Crippen molar-refractivity contribution in [2.45, 2.75) is 52.7 Å². The molecule has 0 saturated heterocycles. The van der Waals surface area contributed by atoms with E-state index in [2.05, 4.69) is 48.4 Å². The van der Waals surface area contributed by atoms with Gasteiger partial charge >= 0.3 is 0 Å². The molecule has 1 aromatic heterocycles. The molecule has 0 saturated carbocycles. The van der Waals surface area contributed by atoms with Gasteiger partial charge in [0.2, 0.25) is 0 Å². The van der Waals surface area contributed by atoms with Gasteiger partial charge < -0.3 is 14.6 Å². The van der Waals surface area contributed by atoms with Crippen LogP contribution in [0.5, 0.6) is 0 Å². The van der Waals surface area contributed by atoms with Crippen LogP contribution >= 0.6 is 0 Å². The molecule has 1 aliphatic rings. The third-order valence-electron chi connectivity index (χ3n) is 5.18. The minimum atomic E-state index is -0.472. The Bertz CT molecular complexity index is 744. The molecule has 0 amide bonds. The fourth-order valence-electron chi connectivity index (χ4n) is 3.89. The topological polar surface area (TPSA) is 45.5 Å². The minimum absolute atomic E-state index is 0.222. The molecular formula is C20H28N2O2. The lowest BCUT2D eigenvalue weighted by Gasteiger charge is -2.23. The normalized spacial score (nSPS) is 16.0. The molecule has 1 aliphatic carbocycles. The average molecular weight is 328 g/mol. The van der Waals surface area contributed by atoms with Gasteiger partial charge in [-0.15, -0.1) is 0 Å². The summed E-state index contributed by atoms with van der Waals surface area (Å²) in [7, 11) is 0. The monoisotopic (exact) mass is 328 g/mol. The summed E-state index contributed by atoms with van der Waals surface area (Å²) >= 11 is 0. The van der Waals surface area contributed by atoms with Crippen LogP contribution in [0.1, 0.15) is 48.3 Å². The van der Waals surface area contributed by atoms with Crippen LogP contribution in [0.15, 0.2) is 18.2 Å². The summed E-state index contributed by atoms with van der Waals surface area (Å²) in [5.41, 5.74) is 4.31. The van der Waals surface area contributed by atoms with Crippen LogP contribution in [-0.4, -0.2) is 46.1 Å². The summed E-state index contributed by atoms with van der Waals surface area (Å²) in [6.07, 6.45) is 2.04. The van der Waals surface area contributed by atoms with E-state index in [9.17, 15) is 9.90 Å². The molecule has 4 nitrogen and oxygen atoms in total. The molecule has 4 heteroatoms. The zero-order valence-corrected chi connectivity index (χ0v) is 15.0. The van der Waals surface area contributed by atoms with E-state index in [0.29, 0.717) is 19.5 Å². The van der Waals surface area contributed by atoms with Crippen LogP contribution in [0, 0.1) is 6.92 Å². The van der Waals surface area contributed by atoms with Crippen LogP contribution in [-0.2, 0) is 13.0 Å². The van der Waals surface area contributed by atoms with E-state index in [0.717, 1.165) is 37.1 Å². The lowest BCUT2D eigenvalue weighted by molar-refractivity contribution is 0.0930. The highest BCUT2D eigenvalue weighted by molar-refractivity contribution is 6.04. The van der Waals surface area contributed by atoms with E-state index in [-0.39, 0.29) is 5.78 Å². The van der Waals surface area contributed by atoms with Crippen molar-refractivity contribution < 1.29 is 9.90 Å². The maximum Gasteiger partial charge on any atom is 0.179 e.